The minimum Gasteiger partial charge on any atom is -0.471 e. The van der Waals surface area contributed by atoms with Gasteiger partial charge in [-0.25, -0.2) is 33.4 Å². The van der Waals surface area contributed by atoms with Gasteiger partial charge in [0.15, 0.2) is 5.82 Å². The summed E-state index contributed by atoms with van der Waals surface area (Å²) in [5.41, 5.74) is 0.241. The summed E-state index contributed by atoms with van der Waals surface area (Å²) < 4.78 is 40.1. The molecule has 4 heterocycles. The molecule has 2 aliphatic carbocycles. The third kappa shape index (κ3) is 8.22. The van der Waals surface area contributed by atoms with Crippen LogP contribution in [0.1, 0.15) is 67.2 Å². The molecule has 3 N–H and O–H groups in total. The van der Waals surface area contributed by atoms with Crippen molar-refractivity contribution < 1.29 is 37.1 Å². The van der Waals surface area contributed by atoms with Gasteiger partial charge >= 0.3 is 12.1 Å². The summed E-state index contributed by atoms with van der Waals surface area (Å²) in [6, 6.07) is 5.22. The average molecular weight is 769 g/mol. The standard InChI is InChI=1S/C35H44N8O8S2/c1-8-20-18-35(20,30(45)41-53(48,49)22-12-13-22)39-28(44)25-17-21(19-42(25)32(47)43(33(2,3)4)40-31(46)51-34(5,6)7)50-29-26-23(14-16-52-26)37-27(38-29)24-11-9-10-15-36-24/h8-11,14-16,20-22,25H,1,12-13,17-19H2,2-7H3,(H,39,44)(H,40,46)(H,41,45)/t20-,21?,25+,35?/m1/s1. The maximum absolute atomic E-state index is 14.5. The fourth-order valence-electron chi connectivity index (χ4n) is 6.07. The number of hydrogen-bond donors (Lipinski definition) is 3. The van der Waals surface area contributed by atoms with Gasteiger partial charge in [-0.2, -0.15) is 4.98 Å². The molecule has 53 heavy (non-hydrogen) atoms. The molecule has 3 aromatic rings. The summed E-state index contributed by atoms with van der Waals surface area (Å²) in [5, 5.41) is 5.04. The highest BCUT2D eigenvalue weighted by Crippen LogP contribution is 2.45. The maximum Gasteiger partial charge on any atom is 0.426 e. The number of pyridine rings is 1. The summed E-state index contributed by atoms with van der Waals surface area (Å²) >= 11 is 1.36. The van der Waals surface area contributed by atoms with E-state index in [-0.39, 0.29) is 25.3 Å². The molecule has 1 saturated heterocycles. The highest BCUT2D eigenvalue weighted by molar-refractivity contribution is 7.91. The van der Waals surface area contributed by atoms with E-state index in [0.717, 1.165) is 5.01 Å². The average Bonchev–Trinajstić information content (AvgIpc) is 3.96. The summed E-state index contributed by atoms with van der Waals surface area (Å²) in [7, 11) is -3.92. The van der Waals surface area contributed by atoms with E-state index in [0.29, 0.717) is 34.6 Å². The van der Waals surface area contributed by atoms with E-state index in [4.69, 9.17) is 9.47 Å². The number of urea groups is 1. The number of sulfonamides is 1. The first-order chi connectivity index (χ1) is 24.8. The van der Waals surface area contributed by atoms with E-state index in [9.17, 15) is 27.6 Å². The van der Waals surface area contributed by atoms with Crippen LogP contribution in [0.4, 0.5) is 9.59 Å². The van der Waals surface area contributed by atoms with Crippen LogP contribution in [0.3, 0.4) is 0 Å². The van der Waals surface area contributed by atoms with E-state index >= 15 is 0 Å². The molecule has 0 radical (unpaired) electrons. The van der Waals surface area contributed by atoms with Crippen molar-refractivity contribution in [3.05, 3.63) is 48.5 Å². The molecule has 5 amide bonds. The smallest absolute Gasteiger partial charge is 0.426 e. The highest BCUT2D eigenvalue weighted by atomic mass is 32.2. The second kappa shape index (κ2) is 13.9. The lowest BCUT2D eigenvalue weighted by molar-refractivity contribution is -0.131. The zero-order valence-electron chi connectivity index (χ0n) is 30.4. The Morgan fingerprint density at radius 2 is 1.83 bits per heavy atom. The Balaban J connectivity index is 1.31. The first-order valence-electron chi connectivity index (χ1n) is 17.3. The molecule has 0 bridgehead atoms. The number of likely N-dealkylation sites (tertiary alicyclic amines) is 1. The number of amides is 5. The lowest BCUT2D eigenvalue weighted by Crippen LogP contribution is -2.63. The molecule has 6 rings (SSSR count). The largest absolute Gasteiger partial charge is 0.471 e. The maximum atomic E-state index is 14.5. The van der Waals surface area contributed by atoms with E-state index in [1.807, 2.05) is 17.5 Å². The topological polar surface area (TPSA) is 202 Å². The number of thiophene rings is 1. The fraction of sp³-hybridized carbons (Fsp3) is 0.514. The van der Waals surface area contributed by atoms with Crippen molar-refractivity contribution in [3.63, 3.8) is 0 Å². The van der Waals surface area contributed by atoms with Crippen LogP contribution in [-0.2, 0) is 24.3 Å². The van der Waals surface area contributed by atoms with Crippen molar-refractivity contribution in [2.75, 3.05) is 6.54 Å². The number of carbonyl (C=O) groups is 4. The number of hydrazine groups is 1. The molecule has 284 valence electrons. The van der Waals surface area contributed by atoms with Gasteiger partial charge in [-0.1, -0.05) is 12.1 Å². The van der Waals surface area contributed by atoms with Crippen molar-refractivity contribution >= 4 is 55.5 Å². The van der Waals surface area contributed by atoms with Gasteiger partial charge < -0.3 is 19.7 Å². The molecule has 1 aliphatic heterocycles. The number of hydrogen-bond acceptors (Lipinski definition) is 12. The zero-order valence-corrected chi connectivity index (χ0v) is 32.0. The molecular weight excluding hydrogens is 725 g/mol. The molecule has 3 fully saturated rings. The number of nitrogens with one attached hydrogen (secondary N) is 3. The number of fused-ring (bicyclic) bond motifs is 1. The van der Waals surface area contributed by atoms with Crippen LogP contribution in [0, 0.1) is 5.92 Å². The van der Waals surface area contributed by atoms with Crippen molar-refractivity contribution in [2.24, 2.45) is 5.92 Å². The van der Waals surface area contributed by atoms with Crippen LogP contribution >= 0.6 is 11.3 Å². The monoisotopic (exact) mass is 768 g/mol. The third-order valence-corrected chi connectivity index (χ3v) is 11.7. The van der Waals surface area contributed by atoms with Crippen LogP contribution < -0.4 is 20.2 Å². The molecule has 2 saturated carbocycles. The third-order valence-electron chi connectivity index (χ3n) is 8.97. The number of rotatable bonds is 9. The second-order valence-corrected chi connectivity index (χ2v) is 18.3. The van der Waals surface area contributed by atoms with Gasteiger partial charge in [-0.3, -0.25) is 19.3 Å². The molecule has 2 unspecified atom stereocenters. The van der Waals surface area contributed by atoms with Crippen LogP contribution in [0.15, 0.2) is 48.5 Å². The first-order valence-corrected chi connectivity index (χ1v) is 19.7. The van der Waals surface area contributed by atoms with Crippen LogP contribution in [0.25, 0.3) is 21.7 Å². The van der Waals surface area contributed by atoms with Crippen LogP contribution in [0.2, 0.25) is 0 Å². The summed E-state index contributed by atoms with van der Waals surface area (Å²) in [6.45, 7) is 13.8. The van der Waals surface area contributed by atoms with E-state index in [1.165, 1.54) is 22.3 Å². The molecule has 3 aliphatic rings. The highest BCUT2D eigenvalue weighted by Gasteiger charge is 2.62. The summed E-state index contributed by atoms with van der Waals surface area (Å²) in [4.78, 5) is 70.1. The van der Waals surface area contributed by atoms with Gasteiger partial charge in [-0.15, -0.1) is 17.9 Å². The lowest BCUT2D eigenvalue weighted by Gasteiger charge is -2.39. The predicted octanol–water partition coefficient (Wildman–Crippen LogP) is 3.90. The molecule has 4 atom stereocenters. The molecule has 18 heteroatoms. The summed E-state index contributed by atoms with van der Waals surface area (Å²) in [5.74, 6) is -1.56. The van der Waals surface area contributed by atoms with Crippen molar-refractivity contribution in [1.29, 1.82) is 0 Å². The molecule has 0 spiro atoms. The number of ether oxygens (including phenoxy) is 2. The normalized spacial score (nSPS) is 22.8. The molecular formula is C35H44N8O8S2. The van der Waals surface area contributed by atoms with Gasteiger partial charge in [0.05, 0.1) is 22.9 Å². The SMILES string of the molecule is C=C[C@@H]1CC1(NC(=O)[C@@H]1CC(Oc2nc(-c3ccccn3)nc3ccsc23)CN1C(=O)N(NC(=O)OC(C)(C)C)C(C)(C)C)C(=O)NS(=O)(=O)C1CC1. The zero-order chi connectivity index (χ0) is 38.5. The Morgan fingerprint density at radius 1 is 1.09 bits per heavy atom. The molecule has 16 nitrogen and oxygen atoms in total. The van der Waals surface area contributed by atoms with Crippen molar-refractivity contribution in [2.45, 2.75) is 101 Å². The van der Waals surface area contributed by atoms with E-state index in [2.05, 4.69) is 37.0 Å². The van der Waals surface area contributed by atoms with Gasteiger partial charge in [-0.05, 0) is 84.4 Å². The first kappa shape index (κ1) is 37.9. The van der Waals surface area contributed by atoms with E-state index in [1.54, 1.807) is 59.9 Å². The Labute approximate surface area is 311 Å². The fourth-order valence-corrected chi connectivity index (χ4v) is 8.19. The van der Waals surface area contributed by atoms with Gasteiger partial charge in [0.1, 0.15) is 33.7 Å². The van der Waals surface area contributed by atoms with E-state index < -0.39 is 74.0 Å². The minimum absolute atomic E-state index is 0.0331. The molecule has 3 aromatic heterocycles. The Hall–Kier alpha value is -4.84. The van der Waals surface area contributed by atoms with Gasteiger partial charge in [0.2, 0.25) is 21.8 Å². The minimum atomic E-state index is -3.92. The number of aromatic nitrogens is 3. The Kier molecular flexibility index (Phi) is 9.91. The van der Waals surface area contributed by atoms with Gasteiger partial charge in [0.25, 0.3) is 5.91 Å². The number of carbonyl (C=O) groups excluding carboxylic acids is 4. The van der Waals surface area contributed by atoms with Crippen LogP contribution in [-0.4, -0.2) is 97.8 Å². The Bertz CT molecular complexity index is 2040. The van der Waals surface area contributed by atoms with Gasteiger partial charge in [0, 0.05) is 18.5 Å². The second-order valence-electron chi connectivity index (χ2n) is 15.4. The van der Waals surface area contributed by atoms with Crippen LogP contribution in [0.5, 0.6) is 5.88 Å². The predicted molar refractivity (Wildman–Crippen MR) is 196 cm³/mol. The molecule has 0 aromatic carbocycles. The van der Waals surface area contributed by atoms with Crippen molar-refractivity contribution in [1.82, 2.24) is 40.3 Å². The van der Waals surface area contributed by atoms with Crippen molar-refractivity contribution in [3.8, 4) is 17.4 Å². The number of nitrogens with zero attached hydrogens (tertiary/aromatic N) is 5. The summed E-state index contributed by atoms with van der Waals surface area (Å²) in [6.07, 6.45) is 2.43. The quantitative estimate of drug-likeness (QED) is 0.211. The Morgan fingerprint density at radius 3 is 2.43 bits per heavy atom. The lowest BCUT2D eigenvalue weighted by atomic mass is 10.1.